The summed E-state index contributed by atoms with van der Waals surface area (Å²) in [6.07, 6.45) is 11.3. The predicted molar refractivity (Wildman–Crippen MR) is 192 cm³/mol. The molecule has 53 heavy (non-hydrogen) atoms. The van der Waals surface area contributed by atoms with Gasteiger partial charge in [-0.15, -0.1) is 5.10 Å². The molecule has 274 valence electrons. The summed E-state index contributed by atoms with van der Waals surface area (Å²) in [4.78, 5) is 44.4. The van der Waals surface area contributed by atoms with E-state index in [1.165, 1.54) is 26.0 Å². The van der Waals surface area contributed by atoms with Crippen LogP contribution in [0.2, 0.25) is 0 Å². The van der Waals surface area contributed by atoms with Crippen molar-refractivity contribution in [2.75, 3.05) is 57.9 Å². The number of hydrogen-bond acceptors (Lipinski definition) is 9. The number of aromatic amines is 1. The van der Waals surface area contributed by atoms with Gasteiger partial charge in [0.25, 0.3) is 5.91 Å². The minimum absolute atomic E-state index is 0.0553. The Morgan fingerprint density at radius 2 is 1.83 bits per heavy atom. The van der Waals surface area contributed by atoms with E-state index in [1.54, 1.807) is 45.2 Å². The number of aryl methyl sites for hydroxylation is 1. The highest BCUT2D eigenvalue weighted by Gasteiger charge is 2.29. The molecule has 1 aromatic carbocycles. The van der Waals surface area contributed by atoms with Crippen molar-refractivity contribution in [2.24, 2.45) is 5.92 Å². The third-order valence-electron chi connectivity index (χ3n) is 10.1. The summed E-state index contributed by atoms with van der Waals surface area (Å²) in [5.74, 6) is 0.616. The molecule has 0 radical (unpaired) electrons. The second kappa shape index (κ2) is 14.6. The summed E-state index contributed by atoms with van der Waals surface area (Å²) in [6.45, 7) is 3.45. The van der Waals surface area contributed by atoms with E-state index in [2.05, 4.69) is 25.3 Å². The number of amides is 2. The van der Waals surface area contributed by atoms with Crippen molar-refractivity contribution in [1.29, 1.82) is 0 Å². The molecule has 5 aromatic rings. The number of nitrogens with zero attached hydrogens (tertiary/aromatic N) is 8. The number of piperazine rings is 1. The number of aromatic nitrogens is 6. The first-order valence-electron chi connectivity index (χ1n) is 17.8. The maximum Gasteiger partial charge on any atom is 0.270 e. The number of hydrogen-bond donors (Lipinski definition) is 1. The van der Waals surface area contributed by atoms with Crippen molar-refractivity contribution < 1.29 is 27.8 Å². The second-order valence-electron chi connectivity index (χ2n) is 13.6. The van der Waals surface area contributed by atoms with Gasteiger partial charge in [0.1, 0.15) is 11.5 Å². The number of carbonyl (C=O) groups excluding carboxylic acids is 2. The largest absolute Gasteiger partial charge is 0.493 e. The molecule has 1 saturated carbocycles. The maximum absolute atomic E-state index is 16.7. The number of benzene rings is 1. The van der Waals surface area contributed by atoms with Gasteiger partial charge in [-0.25, -0.2) is 18.7 Å². The summed E-state index contributed by atoms with van der Waals surface area (Å²) in [5.41, 5.74) is 2.92. The molecule has 0 bridgehead atoms. The van der Waals surface area contributed by atoms with E-state index in [-0.39, 0.29) is 36.0 Å². The lowest BCUT2D eigenvalue weighted by atomic mass is 9.93. The van der Waals surface area contributed by atoms with Crippen molar-refractivity contribution in [3.8, 4) is 22.8 Å². The van der Waals surface area contributed by atoms with Crippen LogP contribution in [0.15, 0.2) is 61.2 Å². The van der Waals surface area contributed by atoms with Crippen LogP contribution in [0.4, 0.5) is 14.6 Å². The first kappa shape index (κ1) is 34.2. The Bertz CT molecular complexity index is 2160. The first-order chi connectivity index (χ1) is 25.8. The molecule has 0 spiro atoms. The van der Waals surface area contributed by atoms with E-state index >= 15 is 4.39 Å². The third kappa shape index (κ3) is 7.28. The minimum atomic E-state index is -0.498. The number of fused-ring (bicyclic) bond motifs is 1. The number of pyridine rings is 2. The third-order valence-corrected chi connectivity index (χ3v) is 10.1. The van der Waals surface area contributed by atoms with Crippen molar-refractivity contribution in [1.82, 2.24) is 39.7 Å². The SMILES string of the molecule is COc1cc(F)cnc1N1CCN(C(=O)c2cc3c(-c4ccc(OCC5CC5)nc4)cc(C4=CCCN(C(=O)CCn5ccnn5)C4)c(F)c3[nH]2)CC1. The molecule has 1 aliphatic carbocycles. The Labute approximate surface area is 304 Å². The van der Waals surface area contributed by atoms with Gasteiger partial charge >= 0.3 is 0 Å². The number of nitrogens with one attached hydrogen (secondary N) is 1. The van der Waals surface area contributed by atoms with Gasteiger partial charge < -0.3 is 29.2 Å². The van der Waals surface area contributed by atoms with E-state index < -0.39 is 11.6 Å². The zero-order valence-electron chi connectivity index (χ0n) is 29.3. The topological polar surface area (TPSA) is 135 Å². The summed E-state index contributed by atoms with van der Waals surface area (Å²) in [6, 6.07) is 8.48. The van der Waals surface area contributed by atoms with Gasteiger partial charge in [0, 0.05) is 86.7 Å². The number of halogens is 2. The van der Waals surface area contributed by atoms with Crippen LogP contribution in [-0.2, 0) is 11.3 Å². The fourth-order valence-corrected chi connectivity index (χ4v) is 6.93. The Balaban J connectivity index is 1.07. The van der Waals surface area contributed by atoms with Crippen LogP contribution in [0.1, 0.15) is 41.7 Å². The fraction of sp³-hybridized carbons (Fsp3) is 0.368. The van der Waals surface area contributed by atoms with Crippen LogP contribution in [0.25, 0.3) is 27.6 Å². The molecule has 15 heteroatoms. The summed E-state index contributed by atoms with van der Waals surface area (Å²) in [7, 11) is 1.46. The smallest absolute Gasteiger partial charge is 0.270 e. The van der Waals surface area contributed by atoms with E-state index in [1.807, 2.05) is 23.1 Å². The molecule has 2 aliphatic heterocycles. The van der Waals surface area contributed by atoms with Crippen LogP contribution >= 0.6 is 0 Å². The lowest BCUT2D eigenvalue weighted by Crippen LogP contribution is -2.49. The molecule has 8 rings (SSSR count). The quantitative estimate of drug-likeness (QED) is 0.201. The van der Waals surface area contributed by atoms with E-state index in [0.717, 1.165) is 11.8 Å². The number of carbonyl (C=O) groups is 2. The molecule has 6 heterocycles. The molecule has 2 amide bonds. The number of rotatable bonds is 11. The van der Waals surface area contributed by atoms with Gasteiger partial charge in [0.05, 0.1) is 38.2 Å². The van der Waals surface area contributed by atoms with Crippen LogP contribution in [0, 0.1) is 17.6 Å². The van der Waals surface area contributed by atoms with Crippen LogP contribution < -0.4 is 14.4 Å². The zero-order chi connectivity index (χ0) is 36.5. The van der Waals surface area contributed by atoms with Crippen molar-refractivity contribution in [3.05, 3.63) is 84.1 Å². The molecule has 1 saturated heterocycles. The molecule has 0 atom stereocenters. The van der Waals surface area contributed by atoms with Gasteiger partial charge in [-0.2, -0.15) is 0 Å². The van der Waals surface area contributed by atoms with Gasteiger partial charge in [-0.3, -0.25) is 14.3 Å². The lowest BCUT2D eigenvalue weighted by molar-refractivity contribution is -0.131. The number of H-pyrrole nitrogens is 1. The normalized spacial score (nSPS) is 16.2. The molecule has 0 unspecified atom stereocenters. The van der Waals surface area contributed by atoms with Crippen molar-refractivity contribution in [3.63, 3.8) is 0 Å². The highest BCUT2D eigenvalue weighted by molar-refractivity contribution is 6.04. The molecule has 13 nitrogen and oxygen atoms in total. The highest BCUT2D eigenvalue weighted by atomic mass is 19.1. The van der Waals surface area contributed by atoms with Crippen LogP contribution in [0.5, 0.6) is 11.6 Å². The van der Waals surface area contributed by atoms with Crippen molar-refractivity contribution in [2.45, 2.75) is 32.2 Å². The van der Waals surface area contributed by atoms with Gasteiger partial charge in [-0.05, 0) is 54.5 Å². The molecular formula is C38H39F2N9O4. The fourth-order valence-electron chi connectivity index (χ4n) is 6.93. The second-order valence-corrected chi connectivity index (χ2v) is 13.6. The van der Waals surface area contributed by atoms with E-state index in [0.29, 0.717) is 97.7 Å². The van der Waals surface area contributed by atoms with Gasteiger partial charge in [0.2, 0.25) is 11.8 Å². The van der Waals surface area contributed by atoms with Crippen LogP contribution in [-0.4, -0.2) is 105 Å². The van der Waals surface area contributed by atoms with Crippen LogP contribution in [0.3, 0.4) is 0 Å². The Kier molecular flexibility index (Phi) is 9.46. The highest BCUT2D eigenvalue weighted by Crippen LogP contribution is 2.38. The molecule has 1 N–H and O–H groups in total. The van der Waals surface area contributed by atoms with E-state index in [4.69, 9.17) is 9.47 Å². The molecular weight excluding hydrogens is 684 g/mol. The first-order valence-corrected chi connectivity index (χ1v) is 17.8. The summed E-state index contributed by atoms with van der Waals surface area (Å²) < 4.78 is 43.3. The standard InChI is InChI=1S/C38H39F2N9O4/c1-52-32-17-27(39)21-42-37(32)46-13-15-47(16-14-46)38(51)31-19-30-28(25-6-7-33(41-20-25)53-23-24-4-5-24)18-29(35(40)36(30)44-31)26-3-2-10-48(22-26)34(50)8-11-49-12-9-43-45-49/h3,6-7,9,12,17-21,24,44H,2,4-5,8,10-11,13-16,22-23H2,1H3. The average Bonchev–Trinajstić information content (AvgIpc) is 3.66. The van der Waals surface area contributed by atoms with E-state index in [9.17, 15) is 14.0 Å². The van der Waals surface area contributed by atoms with Crippen molar-refractivity contribution >= 4 is 34.1 Å². The maximum atomic E-state index is 16.7. The lowest BCUT2D eigenvalue weighted by Gasteiger charge is -2.35. The summed E-state index contributed by atoms with van der Waals surface area (Å²) in [5, 5.41) is 8.28. The Morgan fingerprint density at radius 3 is 2.57 bits per heavy atom. The predicted octanol–water partition coefficient (Wildman–Crippen LogP) is 4.96. The monoisotopic (exact) mass is 723 g/mol. The van der Waals surface area contributed by atoms with Gasteiger partial charge in [0.15, 0.2) is 17.4 Å². The molecule has 4 aromatic heterocycles. The Hall–Kier alpha value is -5.86. The zero-order valence-corrected chi connectivity index (χ0v) is 29.3. The average molecular weight is 724 g/mol. The summed E-state index contributed by atoms with van der Waals surface area (Å²) >= 11 is 0. The molecule has 2 fully saturated rings. The van der Waals surface area contributed by atoms with Gasteiger partial charge in [-0.1, -0.05) is 11.3 Å². The number of ether oxygens (including phenoxy) is 2. The Morgan fingerprint density at radius 1 is 0.981 bits per heavy atom. The number of anilines is 1. The molecule has 3 aliphatic rings. The minimum Gasteiger partial charge on any atom is -0.493 e. The number of methoxy groups -OCH3 is 1.